The van der Waals surface area contributed by atoms with Gasteiger partial charge in [0.1, 0.15) is 0 Å². The molecule has 4 nitrogen and oxygen atoms in total. The highest BCUT2D eigenvalue weighted by Crippen LogP contribution is 2.66. The molecule has 158 valence electrons. The smallest absolute Gasteiger partial charge is 0.238 e. The summed E-state index contributed by atoms with van der Waals surface area (Å²) in [6.07, 6.45) is 0. The van der Waals surface area contributed by atoms with Gasteiger partial charge in [-0.3, -0.25) is 14.4 Å². The van der Waals surface area contributed by atoms with Gasteiger partial charge in [-0.25, -0.2) is 4.90 Å². The monoisotopic (exact) mass is 421 g/mol. The molecule has 1 fully saturated rings. The number of amides is 2. The predicted octanol–water partition coefficient (Wildman–Crippen LogP) is 4.63. The van der Waals surface area contributed by atoms with Crippen LogP contribution in [0.2, 0.25) is 0 Å². The third-order valence-electron chi connectivity index (χ3n) is 8.15. The number of imide groups is 1. The van der Waals surface area contributed by atoms with Crippen molar-refractivity contribution in [3.63, 3.8) is 0 Å². The Bertz CT molecular complexity index is 1230. The van der Waals surface area contributed by atoms with Gasteiger partial charge in [0.25, 0.3) is 0 Å². The fourth-order valence-corrected chi connectivity index (χ4v) is 6.69. The van der Waals surface area contributed by atoms with Crippen LogP contribution in [0, 0.1) is 11.8 Å². The summed E-state index contributed by atoms with van der Waals surface area (Å²) in [6, 6.07) is 23.3. The molecular weight excluding hydrogens is 398 g/mol. The van der Waals surface area contributed by atoms with Crippen LogP contribution in [0.3, 0.4) is 0 Å². The molecule has 0 N–H and O–H groups in total. The first-order valence-corrected chi connectivity index (χ1v) is 11.0. The summed E-state index contributed by atoms with van der Waals surface area (Å²) in [7, 11) is 0. The van der Waals surface area contributed by atoms with Gasteiger partial charge in [0.15, 0.2) is 5.78 Å². The first-order chi connectivity index (χ1) is 15.3. The Kier molecular flexibility index (Phi) is 3.62. The molecule has 1 saturated heterocycles. The summed E-state index contributed by atoms with van der Waals surface area (Å²) in [5.41, 5.74) is 4.27. The maximum Gasteiger partial charge on any atom is 0.238 e. The number of anilines is 1. The molecule has 1 aliphatic heterocycles. The Morgan fingerprint density at radius 1 is 0.719 bits per heavy atom. The quantitative estimate of drug-likeness (QED) is 0.448. The van der Waals surface area contributed by atoms with E-state index in [0.29, 0.717) is 11.3 Å². The molecule has 0 aromatic heterocycles. The van der Waals surface area contributed by atoms with Gasteiger partial charge in [-0.15, -0.1) is 0 Å². The first-order valence-electron chi connectivity index (χ1n) is 11.0. The van der Waals surface area contributed by atoms with E-state index in [1.54, 1.807) is 24.3 Å². The zero-order valence-corrected chi connectivity index (χ0v) is 18.3. The van der Waals surface area contributed by atoms with E-state index >= 15 is 0 Å². The second-order valence-corrected chi connectivity index (χ2v) is 9.57. The molecule has 1 heterocycles. The molecule has 2 unspecified atom stereocenters. The van der Waals surface area contributed by atoms with Gasteiger partial charge in [0, 0.05) is 16.4 Å². The van der Waals surface area contributed by atoms with Crippen molar-refractivity contribution in [2.45, 2.75) is 31.6 Å². The number of hydrogen-bond acceptors (Lipinski definition) is 3. The number of carbonyl (C=O) groups is 3. The molecule has 32 heavy (non-hydrogen) atoms. The molecule has 3 aromatic rings. The highest BCUT2D eigenvalue weighted by molar-refractivity contribution is 6.24. The summed E-state index contributed by atoms with van der Waals surface area (Å²) in [5, 5.41) is 0. The van der Waals surface area contributed by atoms with Crippen molar-refractivity contribution in [3.8, 4) is 0 Å². The number of ketones is 1. The number of benzene rings is 3. The molecular formula is C28H23NO3. The Morgan fingerprint density at radius 2 is 1.16 bits per heavy atom. The lowest BCUT2D eigenvalue weighted by molar-refractivity contribution is -0.124. The number of hydrogen-bond donors (Lipinski definition) is 0. The van der Waals surface area contributed by atoms with Gasteiger partial charge in [-0.2, -0.15) is 0 Å². The van der Waals surface area contributed by atoms with Gasteiger partial charge >= 0.3 is 0 Å². The average molecular weight is 421 g/mol. The van der Waals surface area contributed by atoms with Crippen molar-refractivity contribution >= 4 is 23.3 Å². The van der Waals surface area contributed by atoms with Crippen molar-refractivity contribution in [1.29, 1.82) is 0 Å². The SMILES string of the molecule is CC(=O)c1cccc(N2C(=O)C3C(C2=O)C2(C)c4ccccc4C3(C)c3ccccc32)c1. The standard InChI is InChI=1S/C28H23NO3/c1-16(30)17-9-8-10-18(15-17)29-25(31)23-24(26(29)32)28(3)21-13-6-4-11-19(21)27(23,2)20-12-5-7-14-22(20)28/h4-15,23-24H,1-3H3. The zero-order chi connectivity index (χ0) is 22.4. The van der Waals surface area contributed by atoms with Crippen molar-refractivity contribution in [3.05, 3.63) is 101 Å². The molecule has 3 aliphatic carbocycles. The molecule has 0 spiro atoms. The summed E-state index contributed by atoms with van der Waals surface area (Å²) >= 11 is 0. The van der Waals surface area contributed by atoms with Gasteiger partial charge in [0.05, 0.1) is 17.5 Å². The van der Waals surface area contributed by atoms with Gasteiger partial charge in [0.2, 0.25) is 11.8 Å². The molecule has 3 aromatic carbocycles. The summed E-state index contributed by atoms with van der Waals surface area (Å²) in [4.78, 5) is 41.3. The number of carbonyl (C=O) groups excluding carboxylic acids is 3. The third-order valence-corrected chi connectivity index (χ3v) is 8.15. The minimum atomic E-state index is -0.602. The van der Waals surface area contributed by atoms with Crippen molar-refractivity contribution in [2.75, 3.05) is 4.90 Å². The fraction of sp³-hybridized carbons (Fsp3) is 0.250. The second kappa shape index (κ2) is 6.04. The lowest BCUT2D eigenvalue weighted by atomic mass is 9.42. The Hall–Kier alpha value is -3.53. The summed E-state index contributed by atoms with van der Waals surface area (Å²) < 4.78 is 0. The normalized spacial score (nSPS) is 29.5. The molecule has 4 aliphatic rings. The topological polar surface area (TPSA) is 54.5 Å². The van der Waals surface area contributed by atoms with E-state index in [1.165, 1.54) is 11.8 Å². The largest absolute Gasteiger partial charge is 0.295 e. The lowest BCUT2D eigenvalue weighted by Gasteiger charge is -2.57. The first kappa shape index (κ1) is 19.2. The van der Waals surface area contributed by atoms with Crippen LogP contribution in [0.25, 0.3) is 0 Å². The molecule has 0 saturated carbocycles. The molecule has 0 radical (unpaired) electrons. The Balaban J connectivity index is 1.63. The average Bonchev–Trinajstić information content (AvgIpc) is 3.08. The number of nitrogens with zero attached hydrogens (tertiary/aromatic N) is 1. The van der Waals surface area contributed by atoms with Crippen LogP contribution in [0.1, 0.15) is 53.4 Å². The predicted molar refractivity (Wildman–Crippen MR) is 122 cm³/mol. The molecule has 4 heteroatoms. The highest BCUT2D eigenvalue weighted by Gasteiger charge is 2.70. The van der Waals surface area contributed by atoms with Crippen molar-refractivity contribution in [1.82, 2.24) is 0 Å². The van der Waals surface area contributed by atoms with Crippen LogP contribution < -0.4 is 4.90 Å². The van der Waals surface area contributed by atoms with E-state index < -0.39 is 22.7 Å². The Labute approximate surface area is 186 Å². The van der Waals surface area contributed by atoms with Crippen LogP contribution in [0.5, 0.6) is 0 Å². The molecule has 2 bridgehead atoms. The van der Waals surface area contributed by atoms with Crippen LogP contribution in [-0.4, -0.2) is 17.6 Å². The fourth-order valence-electron chi connectivity index (χ4n) is 6.69. The second-order valence-electron chi connectivity index (χ2n) is 9.57. The van der Waals surface area contributed by atoms with Crippen LogP contribution in [0.15, 0.2) is 72.8 Å². The maximum atomic E-state index is 14.0. The van der Waals surface area contributed by atoms with E-state index in [1.807, 2.05) is 24.3 Å². The van der Waals surface area contributed by atoms with Crippen LogP contribution in [-0.2, 0) is 20.4 Å². The number of rotatable bonds is 2. The van der Waals surface area contributed by atoms with E-state index in [2.05, 4.69) is 38.1 Å². The summed E-state index contributed by atoms with van der Waals surface area (Å²) in [6.45, 7) is 5.71. The minimum absolute atomic E-state index is 0.0952. The molecule has 2 atom stereocenters. The lowest BCUT2D eigenvalue weighted by Crippen LogP contribution is -2.59. The van der Waals surface area contributed by atoms with Gasteiger partial charge in [-0.1, -0.05) is 74.5 Å². The Morgan fingerprint density at radius 3 is 1.56 bits per heavy atom. The van der Waals surface area contributed by atoms with Crippen LogP contribution >= 0.6 is 0 Å². The third kappa shape index (κ3) is 2.01. The van der Waals surface area contributed by atoms with E-state index in [4.69, 9.17) is 0 Å². The molecule has 7 rings (SSSR count). The molecule has 2 amide bonds. The van der Waals surface area contributed by atoms with E-state index in [-0.39, 0.29) is 17.6 Å². The van der Waals surface area contributed by atoms with Crippen molar-refractivity contribution in [2.24, 2.45) is 11.8 Å². The van der Waals surface area contributed by atoms with Crippen LogP contribution in [0.4, 0.5) is 5.69 Å². The van der Waals surface area contributed by atoms with Crippen molar-refractivity contribution < 1.29 is 14.4 Å². The highest BCUT2D eigenvalue weighted by atomic mass is 16.2. The van der Waals surface area contributed by atoms with E-state index in [0.717, 1.165) is 22.3 Å². The zero-order valence-electron chi connectivity index (χ0n) is 18.3. The maximum absolute atomic E-state index is 14.0. The minimum Gasteiger partial charge on any atom is -0.295 e. The van der Waals surface area contributed by atoms with Gasteiger partial charge < -0.3 is 0 Å². The van der Waals surface area contributed by atoms with E-state index in [9.17, 15) is 14.4 Å². The number of Topliss-reactive ketones (excluding diaryl/α,β-unsaturated/α-hetero) is 1. The van der Waals surface area contributed by atoms with Gasteiger partial charge in [-0.05, 0) is 41.3 Å². The summed E-state index contributed by atoms with van der Waals surface area (Å²) in [5.74, 6) is -1.45.